The van der Waals surface area contributed by atoms with Crippen molar-refractivity contribution < 1.29 is 9.84 Å². The Labute approximate surface area is 100 Å². The maximum atomic E-state index is 9.97. The molecule has 0 aliphatic rings. The Morgan fingerprint density at radius 1 is 1.44 bits per heavy atom. The SMILES string of the molecule is COc1cc(Br)cc(-c2cn[nH]c2N)c1O. The number of aromatic hydroxyl groups is 1. The maximum absolute atomic E-state index is 9.97. The Morgan fingerprint density at radius 3 is 2.75 bits per heavy atom. The molecule has 0 aliphatic carbocycles. The molecule has 0 spiro atoms. The summed E-state index contributed by atoms with van der Waals surface area (Å²) in [6.45, 7) is 0. The molecule has 16 heavy (non-hydrogen) atoms. The van der Waals surface area contributed by atoms with Gasteiger partial charge in [-0.2, -0.15) is 5.10 Å². The number of hydrogen-bond acceptors (Lipinski definition) is 4. The molecule has 0 amide bonds. The third kappa shape index (κ3) is 1.71. The molecule has 0 saturated heterocycles. The van der Waals surface area contributed by atoms with E-state index in [0.717, 1.165) is 4.47 Å². The van der Waals surface area contributed by atoms with Crippen LogP contribution >= 0.6 is 15.9 Å². The second-order valence-corrected chi connectivity index (χ2v) is 4.12. The number of phenolic OH excluding ortho intramolecular Hbond substituents is 1. The molecular weight excluding hydrogens is 274 g/mol. The lowest BCUT2D eigenvalue weighted by atomic mass is 10.1. The normalized spacial score (nSPS) is 10.4. The summed E-state index contributed by atoms with van der Waals surface area (Å²) in [6, 6.07) is 3.42. The summed E-state index contributed by atoms with van der Waals surface area (Å²) in [5.41, 5.74) is 6.90. The van der Waals surface area contributed by atoms with Crippen LogP contribution in [0.15, 0.2) is 22.8 Å². The number of halogens is 1. The number of H-pyrrole nitrogens is 1. The molecular formula is C10H10BrN3O2. The summed E-state index contributed by atoms with van der Waals surface area (Å²) in [6.07, 6.45) is 1.55. The van der Waals surface area contributed by atoms with Crippen molar-refractivity contribution in [2.45, 2.75) is 0 Å². The number of nitrogens with two attached hydrogens (primary N) is 1. The van der Waals surface area contributed by atoms with Gasteiger partial charge in [0.25, 0.3) is 0 Å². The molecule has 0 unspecified atom stereocenters. The van der Waals surface area contributed by atoms with E-state index in [2.05, 4.69) is 26.1 Å². The van der Waals surface area contributed by atoms with E-state index in [9.17, 15) is 5.11 Å². The number of nitrogens with zero attached hydrogens (tertiary/aromatic N) is 1. The summed E-state index contributed by atoms with van der Waals surface area (Å²) in [5.74, 6) is 0.819. The van der Waals surface area contributed by atoms with Crippen molar-refractivity contribution in [3.8, 4) is 22.6 Å². The molecule has 6 heteroatoms. The molecule has 0 radical (unpaired) electrons. The zero-order valence-corrected chi connectivity index (χ0v) is 10.1. The zero-order chi connectivity index (χ0) is 11.7. The average molecular weight is 284 g/mol. The minimum atomic E-state index is 0.0406. The highest BCUT2D eigenvalue weighted by Crippen LogP contribution is 2.41. The Bertz CT molecular complexity index is 525. The summed E-state index contributed by atoms with van der Waals surface area (Å²) in [7, 11) is 1.49. The van der Waals surface area contributed by atoms with Crippen LogP contribution in [0.3, 0.4) is 0 Å². The summed E-state index contributed by atoms with van der Waals surface area (Å²) >= 11 is 3.34. The molecule has 0 aliphatic heterocycles. The first kappa shape index (κ1) is 10.8. The molecule has 1 aromatic carbocycles. The highest BCUT2D eigenvalue weighted by atomic mass is 79.9. The van der Waals surface area contributed by atoms with Gasteiger partial charge in [0.2, 0.25) is 0 Å². The van der Waals surface area contributed by atoms with Gasteiger partial charge in [-0.15, -0.1) is 0 Å². The van der Waals surface area contributed by atoms with Crippen LogP contribution in [0.1, 0.15) is 0 Å². The molecule has 5 nitrogen and oxygen atoms in total. The zero-order valence-electron chi connectivity index (χ0n) is 8.49. The van der Waals surface area contributed by atoms with Crippen LogP contribution in [0.25, 0.3) is 11.1 Å². The molecule has 84 valence electrons. The second kappa shape index (κ2) is 4.05. The number of aromatic amines is 1. The highest BCUT2D eigenvalue weighted by molar-refractivity contribution is 9.10. The van der Waals surface area contributed by atoms with E-state index in [0.29, 0.717) is 22.7 Å². The van der Waals surface area contributed by atoms with Crippen LogP contribution < -0.4 is 10.5 Å². The number of rotatable bonds is 2. The molecule has 4 N–H and O–H groups in total. The molecule has 0 atom stereocenters. The Balaban J connectivity index is 2.65. The monoisotopic (exact) mass is 283 g/mol. The fourth-order valence-electron chi connectivity index (χ4n) is 1.45. The lowest BCUT2D eigenvalue weighted by molar-refractivity contribution is 0.374. The molecule has 2 rings (SSSR count). The van der Waals surface area contributed by atoms with Gasteiger partial charge in [-0.05, 0) is 12.1 Å². The number of nitrogen functional groups attached to an aromatic ring is 1. The van der Waals surface area contributed by atoms with Gasteiger partial charge in [0.1, 0.15) is 5.82 Å². The lowest BCUT2D eigenvalue weighted by Gasteiger charge is -2.09. The van der Waals surface area contributed by atoms with E-state index in [1.54, 1.807) is 18.3 Å². The third-order valence-corrected chi connectivity index (χ3v) is 2.68. The van der Waals surface area contributed by atoms with E-state index in [1.165, 1.54) is 7.11 Å². The molecule has 0 saturated carbocycles. The number of benzene rings is 1. The fraction of sp³-hybridized carbons (Fsp3) is 0.100. The van der Waals surface area contributed by atoms with Gasteiger partial charge in [-0.25, -0.2) is 0 Å². The minimum Gasteiger partial charge on any atom is -0.504 e. The van der Waals surface area contributed by atoms with Crippen molar-refractivity contribution in [2.75, 3.05) is 12.8 Å². The van der Waals surface area contributed by atoms with Gasteiger partial charge in [0.05, 0.1) is 13.3 Å². The lowest BCUT2D eigenvalue weighted by Crippen LogP contribution is -1.90. The van der Waals surface area contributed by atoms with Crippen LogP contribution in [0.4, 0.5) is 5.82 Å². The fourth-order valence-corrected chi connectivity index (χ4v) is 1.88. The number of nitrogens with one attached hydrogen (secondary N) is 1. The van der Waals surface area contributed by atoms with Crippen LogP contribution in [0.2, 0.25) is 0 Å². The van der Waals surface area contributed by atoms with E-state index in [4.69, 9.17) is 10.5 Å². The third-order valence-electron chi connectivity index (χ3n) is 2.22. The number of anilines is 1. The minimum absolute atomic E-state index is 0.0406. The number of aromatic nitrogens is 2. The quantitative estimate of drug-likeness (QED) is 0.788. The van der Waals surface area contributed by atoms with Gasteiger partial charge in [0.15, 0.2) is 11.5 Å². The van der Waals surface area contributed by atoms with Crippen molar-refractivity contribution in [3.63, 3.8) is 0 Å². The molecule has 1 aromatic heterocycles. The summed E-state index contributed by atoms with van der Waals surface area (Å²) in [4.78, 5) is 0. The van der Waals surface area contributed by atoms with Crippen molar-refractivity contribution in [3.05, 3.63) is 22.8 Å². The van der Waals surface area contributed by atoms with Gasteiger partial charge in [-0.1, -0.05) is 15.9 Å². The Morgan fingerprint density at radius 2 is 2.19 bits per heavy atom. The van der Waals surface area contributed by atoms with E-state index >= 15 is 0 Å². The van der Waals surface area contributed by atoms with Crippen LogP contribution in [0, 0.1) is 0 Å². The van der Waals surface area contributed by atoms with Crippen LogP contribution in [0.5, 0.6) is 11.5 Å². The number of phenols is 1. The van der Waals surface area contributed by atoms with Crippen molar-refractivity contribution in [1.82, 2.24) is 10.2 Å². The van der Waals surface area contributed by atoms with Crippen molar-refractivity contribution in [1.29, 1.82) is 0 Å². The molecule has 0 fully saturated rings. The van der Waals surface area contributed by atoms with Gasteiger partial charge < -0.3 is 15.6 Å². The topological polar surface area (TPSA) is 84.2 Å². The molecule has 2 aromatic rings. The Hall–Kier alpha value is -1.69. The smallest absolute Gasteiger partial charge is 0.165 e. The molecule has 1 heterocycles. The van der Waals surface area contributed by atoms with Gasteiger partial charge in [0, 0.05) is 15.6 Å². The Kier molecular flexibility index (Phi) is 2.74. The largest absolute Gasteiger partial charge is 0.504 e. The summed E-state index contributed by atoms with van der Waals surface area (Å²) in [5, 5.41) is 16.4. The number of ether oxygens (including phenoxy) is 1. The molecule has 0 bridgehead atoms. The van der Waals surface area contributed by atoms with Crippen LogP contribution in [-0.2, 0) is 0 Å². The first-order chi connectivity index (χ1) is 7.63. The number of methoxy groups -OCH3 is 1. The predicted molar refractivity (Wildman–Crippen MR) is 64.4 cm³/mol. The van der Waals surface area contributed by atoms with Crippen LogP contribution in [-0.4, -0.2) is 22.4 Å². The first-order valence-electron chi connectivity index (χ1n) is 4.49. The average Bonchev–Trinajstić information content (AvgIpc) is 2.67. The van der Waals surface area contributed by atoms with Gasteiger partial charge in [-0.3, -0.25) is 5.10 Å². The standard InChI is InChI=1S/C10H10BrN3O2/c1-16-8-3-5(11)2-6(9(8)15)7-4-13-14-10(7)12/h2-4,15H,1H3,(H3,12,13,14). The predicted octanol–water partition coefficient (Wildman–Crippen LogP) is 2.14. The highest BCUT2D eigenvalue weighted by Gasteiger charge is 2.14. The first-order valence-corrected chi connectivity index (χ1v) is 5.28. The van der Waals surface area contributed by atoms with Crippen molar-refractivity contribution >= 4 is 21.7 Å². The van der Waals surface area contributed by atoms with E-state index < -0.39 is 0 Å². The van der Waals surface area contributed by atoms with E-state index in [-0.39, 0.29) is 5.75 Å². The maximum Gasteiger partial charge on any atom is 0.165 e. The summed E-state index contributed by atoms with van der Waals surface area (Å²) < 4.78 is 5.84. The van der Waals surface area contributed by atoms with Gasteiger partial charge >= 0.3 is 0 Å². The number of hydrogen-bond donors (Lipinski definition) is 3. The second-order valence-electron chi connectivity index (χ2n) is 3.20. The van der Waals surface area contributed by atoms with E-state index in [1.807, 2.05) is 0 Å². The van der Waals surface area contributed by atoms with Crippen molar-refractivity contribution in [2.24, 2.45) is 0 Å².